The fourth-order valence-corrected chi connectivity index (χ4v) is 1.26. The largest absolute Gasteiger partial charge is 0.467 e. The molecule has 5 heteroatoms. The van der Waals surface area contributed by atoms with Crippen LogP contribution in [0.2, 0.25) is 0 Å². The molecule has 0 heterocycles. The van der Waals surface area contributed by atoms with Crippen molar-refractivity contribution in [3.8, 4) is 0 Å². The number of amides is 1. The maximum Gasteiger partial charge on any atom is 0.407 e. The molecule has 0 fully saturated rings. The van der Waals surface area contributed by atoms with E-state index in [2.05, 4.69) is 10.1 Å². The zero-order chi connectivity index (χ0) is 12.8. The Labute approximate surface area is 96.5 Å². The van der Waals surface area contributed by atoms with Crippen molar-refractivity contribution in [3.63, 3.8) is 0 Å². The van der Waals surface area contributed by atoms with E-state index in [1.807, 2.05) is 20.8 Å². The molecule has 1 N–H and O–H groups in total. The summed E-state index contributed by atoms with van der Waals surface area (Å²) in [4.78, 5) is 22.7. The quantitative estimate of drug-likeness (QED) is 0.748. The Morgan fingerprint density at radius 2 is 1.88 bits per heavy atom. The number of carbonyl (C=O) groups is 2. The average molecular weight is 231 g/mol. The lowest BCUT2D eigenvalue weighted by Gasteiger charge is -2.24. The van der Waals surface area contributed by atoms with Crippen LogP contribution in [0, 0.1) is 5.41 Å². The number of ether oxygens (including phenoxy) is 2. The monoisotopic (exact) mass is 231 g/mol. The van der Waals surface area contributed by atoms with Gasteiger partial charge in [-0.3, -0.25) is 0 Å². The summed E-state index contributed by atoms with van der Waals surface area (Å²) in [5.74, 6) is -0.456. The van der Waals surface area contributed by atoms with Crippen molar-refractivity contribution >= 4 is 12.1 Å². The molecule has 1 amide bonds. The topological polar surface area (TPSA) is 64.6 Å². The second kappa shape index (κ2) is 6.35. The minimum absolute atomic E-state index is 0.0850. The average Bonchev–Trinajstić information content (AvgIpc) is 2.13. The van der Waals surface area contributed by atoms with Gasteiger partial charge >= 0.3 is 12.1 Å². The van der Waals surface area contributed by atoms with Gasteiger partial charge in [-0.2, -0.15) is 0 Å². The molecule has 1 unspecified atom stereocenters. The van der Waals surface area contributed by atoms with Crippen LogP contribution in [0.5, 0.6) is 0 Å². The maximum atomic E-state index is 11.4. The number of rotatable bonds is 4. The molecule has 0 aliphatic heterocycles. The second-order valence-corrected chi connectivity index (χ2v) is 4.71. The van der Waals surface area contributed by atoms with E-state index in [1.165, 1.54) is 7.11 Å². The number of esters is 1. The number of methoxy groups -OCH3 is 1. The first-order valence-corrected chi connectivity index (χ1v) is 5.31. The SMILES string of the molecule is CCOC(=O)NC(CC(C)(C)C)C(=O)OC. The molecule has 0 radical (unpaired) electrons. The summed E-state index contributed by atoms with van der Waals surface area (Å²) in [6.45, 7) is 7.92. The van der Waals surface area contributed by atoms with Crippen LogP contribution in [0.1, 0.15) is 34.1 Å². The predicted octanol–water partition coefficient (Wildman–Crippen LogP) is 1.71. The van der Waals surface area contributed by atoms with Crippen LogP contribution in [0.4, 0.5) is 4.79 Å². The molecule has 0 bridgehead atoms. The number of alkyl carbamates (subject to hydrolysis) is 1. The van der Waals surface area contributed by atoms with Crippen molar-refractivity contribution in [3.05, 3.63) is 0 Å². The van der Waals surface area contributed by atoms with E-state index in [1.54, 1.807) is 6.92 Å². The van der Waals surface area contributed by atoms with E-state index in [0.29, 0.717) is 6.42 Å². The Balaban J connectivity index is 4.44. The first-order chi connectivity index (χ1) is 7.30. The molecule has 0 aromatic heterocycles. The van der Waals surface area contributed by atoms with Gasteiger partial charge in [-0.05, 0) is 18.8 Å². The number of carbonyl (C=O) groups excluding carboxylic acids is 2. The van der Waals surface area contributed by atoms with Crippen molar-refractivity contribution in [2.75, 3.05) is 13.7 Å². The second-order valence-electron chi connectivity index (χ2n) is 4.71. The van der Waals surface area contributed by atoms with Gasteiger partial charge in [0.15, 0.2) is 0 Å². The van der Waals surface area contributed by atoms with Crippen molar-refractivity contribution < 1.29 is 19.1 Å². The summed E-state index contributed by atoms with van der Waals surface area (Å²) in [6.07, 6.45) is -0.0967. The molecule has 0 spiro atoms. The van der Waals surface area contributed by atoms with Crippen LogP contribution in [-0.4, -0.2) is 31.8 Å². The number of hydrogen-bond acceptors (Lipinski definition) is 4. The molecule has 94 valence electrons. The van der Waals surface area contributed by atoms with Crippen molar-refractivity contribution in [1.29, 1.82) is 0 Å². The molecule has 0 saturated carbocycles. The molecule has 0 aliphatic carbocycles. The lowest BCUT2D eigenvalue weighted by atomic mass is 9.88. The smallest absolute Gasteiger partial charge is 0.407 e. The van der Waals surface area contributed by atoms with Gasteiger partial charge in [0.05, 0.1) is 13.7 Å². The zero-order valence-electron chi connectivity index (χ0n) is 10.6. The van der Waals surface area contributed by atoms with E-state index in [0.717, 1.165) is 0 Å². The van der Waals surface area contributed by atoms with Gasteiger partial charge in [-0.1, -0.05) is 20.8 Å². The summed E-state index contributed by atoms with van der Waals surface area (Å²) in [5.41, 5.74) is -0.0850. The highest BCUT2D eigenvalue weighted by atomic mass is 16.6. The van der Waals surface area contributed by atoms with Gasteiger partial charge in [-0.15, -0.1) is 0 Å². The van der Waals surface area contributed by atoms with Crippen LogP contribution in [0.3, 0.4) is 0 Å². The Kier molecular flexibility index (Phi) is 5.85. The molecule has 16 heavy (non-hydrogen) atoms. The van der Waals surface area contributed by atoms with Gasteiger partial charge < -0.3 is 14.8 Å². The molecule has 0 aromatic carbocycles. The third kappa shape index (κ3) is 6.27. The summed E-state index contributed by atoms with van der Waals surface area (Å²) >= 11 is 0. The minimum atomic E-state index is -0.663. The van der Waals surface area contributed by atoms with E-state index < -0.39 is 18.1 Å². The predicted molar refractivity (Wildman–Crippen MR) is 60.0 cm³/mol. The van der Waals surface area contributed by atoms with E-state index in [4.69, 9.17) is 4.74 Å². The molecular weight excluding hydrogens is 210 g/mol. The van der Waals surface area contributed by atoms with Crippen molar-refractivity contribution in [1.82, 2.24) is 5.32 Å². The van der Waals surface area contributed by atoms with Gasteiger partial charge in [-0.25, -0.2) is 9.59 Å². The molecule has 0 aromatic rings. The van der Waals surface area contributed by atoms with Crippen LogP contribution in [0.15, 0.2) is 0 Å². The van der Waals surface area contributed by atoms with Crippen molar-refractivity contribution in [2.45, 2.75) is 40.2 Å². The zero-order valence-corrected chi connectivity index (χ0v) is 10.6. The highest BCUT2D eigenvalue weighted by Gasteiger charge is 2.27. The Morgan fingerprint density at radius 3 is 2.25 bits per heavy atom. The summed E-state index contributed by atoms with van der Waals surface area (Å²) in [6, 6.07) is -0.663. The normalized spacial score (nSPS) is 12.8. The van der Waals surface area contributed by atoms with Crippen LogP contribution in [0.25, 0.3) is 0 Å². The molecule has 5 nitrogen and oxygen atoms in total. The molecule has 1 atom stereocenters. The highest BCUT2D eigenvalue weighted by molar-refractivity contribution is 5.81. The molecular formula is C11H21NO4. The minimum Gasteiger partial charge on any atom is -0.467 e. The Bertz CT molecular complexity index is 245. The van der Waals surface area contributed by atoms with Crippen LogP contribution in [-0.2, 0) is 14.3 Å². The van der Waals surface area contributed by atoms with Gasteiger partial charge in [0.25, 0.3) is 0 Å². The lowest BCUT2D eigenvalue weighted by Crippen LogP contribution is -2.44. The maximum absolute atomic E-state index is 11.4. The van der Waals surface area contributed by atoms with Crippen molar-refractivity contribution in [2.24, 2.45) is 5.41 Å². The highest BCUT2D eigenvalue weighted by Crippen LogP contribution is 2.21. The Morgan fingerprint density at radius 1 is 1.31 bits per heavy atom. The van der Waals surface area contributed by atoms with E-state index >= 15 is 0 Å². The number of nitrogens with one attached hydrogen (secondary N) is 1. The van der Waals surface area contributed by atoms with E-state index in [9.17, 15) is 9.59 Å². The molecule has 0 rings (SSSR count). The third-order valence-corrected chi connectivity index (χ3v) is 1.87. The van der Waals surface area contributed by atoms with Gasteiger partial charge in [0.2, 0.25) is 0 Å². The van der Waals surface area contributed by atoms with Crippen LogP contribution < -0.4 is 5.32 Å². The van der Waals surface area contributed by atoms with Gasteiger partial charge in [0, 0.05) is 0 Å². The summed E-state index contributed by atoms with van der Waals surface area (Å²) in [5, 5.41) is 2.49. The van der Waals surface area contributed by atoms with Gasteiger partial charge in [0.1, 0.15) is 6.04 Å². The standard InChI is InChI=1S/C11H21NO4/c1-6-16-10(14)12-8(9(13)15-5)7-11(2,3)4/h8H,6-7H2,1-5H3,(H,12,14). The summed E-state index contributed by atoms with van der Waals surface area (Å²) < 4.78 is 9.35. The summed E-state index contributed by atoms with van der Waals surface area (Å²) in [7, 11) is 1.30. The fraction of sp³-hybridized carbons (Fsp3) is 0.818. The van der Waals surface area contributed by atoms with E-state index in [-0.39, 0.29) is 12.0 Å². The first kappa shape index (κ1) is 14.7. The van der Waals surface area contributed by atoms with Crippen LogP contribution >= 0.6 is 0 Å². The first-order valence-electron chi connectivity index (χ1n) is 5.31. The number of hydrogen-bond donors (Lipinski definition) is 1. The third-order valence-electron chi connectivity index (χ3n) is 1.87. The molecule has 0 aliphatic rings. The molecule has 0 saturated heterocycles. The Hall–Kier alpha value is -1.26. The fourth-order valence-electron chi connectivity index (χ4n) is 1.26. The lowest BCUT2D eigenvalue weighted by molar-refractivity contribution is -0.143.